The summed E-state index contributed by atoms with van der Waals surface area (Å²) in [6.45, 7) is 7.52. The van der Waals surface area contributed by atoms with E-state index in [1.165, 1.54) is 0 Å². The van der Waals surface area contributed by atoms with Crippen LogP contribution in [0, 0.1) is 13.8 Å². The number of aromatic amines is 1. The molecule has 0 atom stereocenters. The molecular weight excluding hydrogens is 332 g/mol. The molecular formula is C16H18N10. The van der Waals surface area contributed by atoms with Crippen LogP contribution in [-0.2, 0) is 0 Å². The lowest BCUT2D eigenvalue weighted by Crippen LogP contribution is -2.47. The Kier molecular flexibility index (Phi) is 3.24. The highest BCUT2D eigenvalue weighted by Gasteiger charge is 2.24. The predicted molar refractivity (Wildman–Crippen MR) is 96.4 cm³/mol. The maximum Gasteiger partial charge on any atom is 0.254 e. The summed E-state index contributed by atoms with van der Waals surface area (Å²) in [4.78, 5) is 29.4. The third-order valence-corrected chi connectivity index (χ3v) is 4.96. The van der Waals surface area contributed by atoms with Gasteiger partial charge in [0, 0.05) is 37.4 Å². The van der Waals surface area contributed by atoms with Crippen molar-refractivity contribution in [3.8, 4) is 0 Å². The van der Waals surface area contributed by atoms with Crippen LogP contribution in [0.2, 0.25) is 0 Å². The molecule has 5 heterocycles. The minimum atomic E-state index is 0.639. The highest BCUT2D eigenvalue weighted by molar-refractivity contribution is 5.82. The number of anilines is 2. The highest BCUT2D eigenvalue weighted by atomic mass is 15.4. The van der Waals surface area contributed by atoms with Crippen LogP contribution in [0.5, 0.6) is 0 Å². The van der Waals surface area contributed by atoms with Crippen LogP contribution >= 0.6 is 0 Å². The summed E-state index contributed by atoms with van der Waals surface area (Å²) in [6.07, 6.45) is 4.78. The minimum absolute atomic E-state index is 0.639. The largest absolute Gasteiger partial charge is 0.353 e. The lowest BCUT2D eigenvalue weighted by molar-refractivity contribution is 0.632. The maximum absolute atomic E-state index is 4.51. The molecule has 1 saturated heterocycles. The Labute approximate surface area is 148 Å². The van der Waals surface area contributed by atoms with Gasteiger partial charge in [-0.3, -0.25) is 0 Å². The number of aryl methyl sites for hydroxylation is 1. The summed E-state index contributed by atoms with van der Waals surface area (Å²) in [5.74, 6) is 2.61. The number of hydrogen-bond donors (Lipinski definition) is 1. The molecule has 1 N–H and O–H groups in total. The molecule has 0 aromatic carbocycles. The molecule has 5 rings (SSSR count). The summed E-state index contributed by atoms with van der Waals surface area (Å²) in [6, 6.07) is 0. The van der Waals surface area contributed by atoms with Crippen molar-refractivity contribution in [1.82, 2.24) is 39.5 Å². The number of hydrogen-bond acceptors (Lipinski definition) is 8. The summed E-state index contributed by atoms with van der Waals surface area (Å²) in [7, 11) is 0. The Hall–Kier alpha value is -3.30. The molecule has 0 spiro atoms. The van der Waals surface area contributed by atoms with E-state index in [1.54, 1.807) is 19.0 Å². The standard InChI is InChI=1S/C16H18N10/c1-10-11(2)23-16-21-9-22-26(16)15(10)25-5-3-24(4-6-25)14-12-13(18-7-17-12)19-8-20-14/h7-9H,3-6H2,1-2H3,(H,17,18,19,20). The van der Waals surface area contributed by atoms with Gasteiger partial charge in [0.2, 0.25) is 0 Å². The Morgan fingerprint density at radius 1 is 0.923 bits per heavy atom. The van der Waals surface area contributed by atoms with Crippen LogP contribution < -0.4 is 9.80 Å². The molecule has 0 saturated carbocycles. The van der Waals surface area contributed by atoms with E-state index >= 15 is 0 Å². The van der Waals surface area contributed by atoms with E-state index < -0.39 is 0 Å². The topological polar surface area (TPSA) is 104 Å². The second-order valence-electron chi connectivity index (χ2n) is 6.39. The second-order valence-corrected chi connectivity index (χ2v) is 6.39. The van der Waals surface area contributed by atoms with Crippen molar-refractivity contribution in [2.24, 2.45) is 0 Å². The van der Waals surface area contributed by atoms with Crippen molar-refractivity contribution in [3.63, 3.8) is 0 Å². The van der Waals surface area contributed by atoms with E-state index in [1.807, 2.05) is 11.4 Å². The number of H-pyrrole nitrogens is 1. The van der Waals surface area contributed by atoms with Crippen LogP contribution in [-0.4, -0.2) is 65.7 Å². The molecule has 10 heteroatoms. The first-order chi connectivity index (χ1) is 12.7. The number of fused-ring (bicyclic) bond motifs is 2. The Morgan fingerprint density at radius 2 is 1.73 bits per heavy atom. The fraction of sp³-hybridized carbons (Fsp3) is 0.375. The van der Waals surface area contributed by atoms with Gasteiger partial charge in [-0.05, 0) is 13.8 Å². The highest BCUT2D eigenvalue weighted by Crippen LogP contribution is 2.26. The Morgan fingerprint density at radius 3 is 2.58 bits per heavy atom. The summed E-state index contributed by atoms with van der Waals surface area (Å²) in [5.41, 5.74) is 3.70. The lowest BCUT2D eigenvalue weighted by atomic mass is 10.2. The Balaban J connectivity index is 1.45. The van der Waals surface area contributed by atoms with E-state index in [-0.39, 0.29) is 0 Å². The van der Waals surface area contributed by atoms with Gasteiger partial charge < -0.3 is 14.8 Å². The quantitative estimate of drug-likeness (QED) is 0.564. The van der Waals surface area contributed by atoms with E-state index in [9.17, 15) is 0 Å². The third kappa shape index (κ3) is 2.18. The van der Waals surface area contributed by atoms with Crippen molar-refractivity contribution in [3.05, 3.63) is 30.2 Å². The zero-order chi connectivity index (χ0) is 17.7. The van der Waals surface area contributed by atoms with Gasteiger partial charge in [-0.15, -0.1) is 0 Å². The van der Waals surface area contributed by atoms with E-state index in [4.69, 9.17) is 0 Å². The first-order valence-corrected chi connectivity index (χ1v) is 8.53. The van der Waals surface area contributed by atoms with Crippen molar-refractivity contribution in [2.45, 2.75) is 13.8 Å². The summed E-state index contributed by atoms with van der Waals surface area (Å²) in [5, 5.41) is 4.36. The molecule has 1 aliphatic rings. The smallest absolute Gasteiger partial charge is 0.254 e. The fourth-order valence-corrected chi connectivity index (χ4v) is 3.51. The minimum Gasteiger partial charge on any atom is -0.353 e. The average molecular weight is 350 g/mol. The van der Waals surface area contributed by atoms with Crippen LogP contribution in [0.1, 0.15) is 11.3 Å². The monoisotopic (exact) mass is 350 g/mol. The van der Waals surface area contributed by atoms with Gasteiger partial charge >= 0.3 is 0 Å². The fourth-order valence-electron chi connectivity index (χ4n) is 3.51. The molecule has 0 radical (unpaired) electrons. The van der Waals surface area contributed by atoms with E-state index in [0.29, 0.717) is 11.4 Å². The Bertz CT molecular complexity index is 1090. The first kappa shape index (κ1) is 15.0. The number of piperazine rings is 1. The third-order valence-electron chi connectivity index (χ3n) is 4.96. The van der Waals surface area contributed by atoms with Crippen molar-refractivity contribution < 1.29 is 0 Å². The maximum atomic E-state index is 4.51. The molecule has 0 aliphatic carbocycles. The van der Waals surface area contributed by atoms with Crippen LogP contribution in [0.4, 0.5) is 11.6 Å². The molecule has 0 bridgehead atoms. The average Bonchev–Trinajstić information content (AvgIpc) is 3.31. The molecule has 1 aliphatic heterocycles. The van der Waals surface area contributed by atoms with Gasteiger partial charge in [-0.1, -0.05) is 0 Å². The molecule has 0 unspecified atom stereocenters. The molecule has 1 fully saturated rings. The van der Waals surface area contributed by atoms with E-state index in [0.717, 1.165) is 54.6 Å². The van der Waals surface area contributed by atoms with Gasteiger partial charge in [0.25, 0.3) is 5.78 Å². The SMILES string of the molecule is Cc1nc2ncnn2c(N2CCN(c3ncnc4nc[nH]c34)CC2)c1C. The zero-order valence-corrected chi connectivity index (χ0v) is 14.6. The first-order valence-electron chi connectivity index (χ1n) is 8.53. The molecule has 10 nitrogen and oxygen atoms in total. The van der Waals surface area contributed by atoms with Crippen LogP contribution in [0.3, 0.4) is 0 Å². The number of rotatable bonds is 2. The van der Waals surface area contributed by atoms with Gasteiger partial charge in [0.1, 0.15) is 24.0 Å². The lowest BCUT2D eigenvalue weighted by Gasteiger charge is -2.37. The number of imidazole rings is 1. The van der Waals surface area contributed by atoms with Crippen LogP contribution in [0.15, 0.2) is 19.0 Å². The van der Waals surface area contributed by atoms with Crippen LogP contribution in [0.25, 0.3) is 16.9 Å². The predicted octanol–water partition coefficient (Wildman–Crippen LogP) is 0.734. The number of nitrogens with zero attached hydrogens (tertiary/aromatic N) is 9. The van der Waals surface area contributed by atoms with Gasteiger partial charge in [0.15, 0.2) is 11.5 Å². The van der Waals surface area contributed by atoms with Crippen molar-refractivity contribution in [1.29, 1.82) is 0 Å². The van der Waals surface area contributed by atoms with Gasteiger partial charge in [-0.25, -0.2) is 19.9 Å². The summed E-state index contributed by atoms with van der Waals surface area (Å²) < 4.78 is 1.83. The van der Waals surface area contributed by atoms with Gasteiger partial charge in [0.05, 0.1) is 6.33 Å². The molecule has 132 valence electrons. The second kappa shape index (κ2) is 5.61. The molecule has 26 heavy (non-hydrogen) atoms. The molecule has 4 aromatic heterocycles. The van der Waals surface area contributed by atoms with Crippen molar-refractivity contribution in [2.75, 3.05) is 36.0 Å². The number of nitrogens with one attached hydrogen (secondary N) is 1. The molecule has 4 aromatic rings. The van der Waals surface area contributed by atoms with E-state index in [2.05, 4.69) is 51.7 Å². The summed E-state index contributed by atoms with van der Waals surface area (Å²) >= 11 is 0. The molecule has 0 amide bonds. The van der Waals surface area contributed by atoms with Gasteiger partial charge in [-0.2, -0.15) is 14.6 Å². The van der Waals surface area contributed by atoms with Crippen molar-refractivity contribution >= 4 is 28.6 Å². The zero-order valence-electron chi connectivity index (χ0n) is 14.6. The number of aromatic nitrogens is 8. The normalized spacial score (nSPS) is 15.3.